The molecule has 2 heterocycles. The van der Waals surface area contributed by atoms with Crippen molar-refractivity contribution < 1.29 is 4.74 Å². The van der Waals surface area contributed by atoms with Crippen LogP contribution < -0.4 is 10.1 Å². The van der Waals surface area contributed by atoms with E-state index >= 15 is 0 Å². The van der Waals surface area contributed by atoms with E-state index in [1.165, 1.54) is 0 Å². The minimum absolute atomic E-state index is 0.0503. The summed E-state index contributed by atoms with van der Waals surface area (Å²) in [5.74, 6) is 2.52. The second-order valence-electron chi connectivity index (χ2n) is 4.59. The van der Waals surface area contributed by atoms with Gasteiger partial charge in [-0.1, -0.05) is 6.07 Å². The van der Waals surface area contributed by atoms with E-state index in [1.54, 1.807) is 19.5 Å². The fourth-order valence-electron chi connectivity index (χ4n) is 2.18. The first-order valence-electron chi connectivity index (χ1n) is 6.46. The Morgan fingerprint density at radius 2 is 2.10 bits per heavy atom. The van der Waals surface area contributed by atoms with Gasteiger partial charge in [-0.2, -0.15) is 0 Å². The molecule has 0 saturated heterocycles. The number of aromatic amines is 1. The quantitative estimate of drug-likeness (QED) is 0.763. The molecule has 2 N–H and O–H groups in total. The van der Waals surface area contributed by atoms with Crippen molar-refractivity contribution >= 4 is 16.6 Å². The molecular weight excluding hydrogens is 252 g/mol. The number of rotatable bonds is 4. The van der Waals surface area contributed by atoms with E-state index in [9.17, 15) is 0 Å². The summed E-state index contributed by atoms with van der Waals surface area (Å²) in [5, 5.41) is 5.53. The van der Waals surface area contributed by atoms with Gasteiger partial charge in [-0.15, -0.1) is 0 Å². The van der Waals surface area contributed by atoms with E-state index in [2.05, 4.69) is 20.3 Å². The molecule has 102 valence electrons. The Balaban J connectivity index is 1.98. The molecule has 5 heteroatoms. The third-order valence-corrected chi connectivity index (χ3v) is 3.26. The molecule has 2 aromatic heterocycles. The molecule has 1 unspecified atom stereocenters. The molecule has 0 radical (unpaired) electrons. The van der Waals surface area contributed by atoms with E-state index < -0.39 is 0 Å². The lowest BCUT2D eigenvalue weighted by atomic mass is 10.1. The Bertz CT molecular complexity index is 709. The second kappa shape index (κ2) is 5.21. The standard InChI is InChI=1S/C15H16N4O/c1-10(14-17-7-8-18-14)19-15-13-9-12(20-2)4-3-11(13)5-6-16-15/h3-10H,1-2H3,(H,16,19)(H,17,18). The largest absolute Gasteiger partial charge is 0.497 e. The maximum atomic E-state index is 5.28. The van der Waals surface area contributed by atoms with Crippen LogP contribution in [0.3, 0.4) is 0 Å². The summed E-state index contributed by atoms with van der Waals surface area (Å²) in [7, 11) is 1.66. The fourth-order valence-corrected chi connectivity index (χ4v) is 2.18. The van der Waals surface area contributed by atoms with Crippen LogP contribution in [0.4, 0.5) is 5.82 Å². The number of nitrogens with one attached hydrogen (secondary N) is 2. The van der Waals surface area contributed by atoms with Gasteiger partial charge in [0.1, 0.15) is 17.4 Å². The number of H-pyrrole nitrogens is 1. The number of hydrogen-bond donors (Lipinski definition) is 2. The number of imidazole rings is 1. The van der Waals surface area contributed by atoms with Crippen molar-refractivity contribution in [3.63, 3.8) is 0 Å². The predicted molar refractivity (Wildman–Crippen MR) is 78.9 cm³/mol. The number of anilines is 1. The van der Waals surface area contributed by atoms with Gasteiger partial charge in [0.05, 0.1) is 13.2 Å². The zero-order chi connectivity index (χ0) is 13.9. The molecule has 1 atom stereocenters. The van der Waals surface area contributed by atoms with Gasteiger partial charge in [-0.3, -0.25) is 0 Å². The van der Waals surface area contributed by atoms with E-state index in [1.807, 2.05) is 37.4 Å². The molecule has 3 aromatic rings. The van der Waals surface area contributed by atoms with Gasteiger partial charge >= 0.3 is 0 Å². The lowest BCUT2D eigenvalue weighted by Gasteiger charge is -2.14. The number of hydrogen-bond acceptors (Lipinski definition) is 4. The molecule has 0 spiro atoms. The van der Waals surface area contributed by atoms with Crippen molar-refractivity contribution in [3.8, 4) is 5.75 Å². The van der Waals surface area contributed by atoms with Gasteiger partial charge in [0, 0.05) is 24.0 Å². The van der Waals surface area contributed by atoms with Crippen LogP contribution in [0.15, 0.2) is 42.9 Å². The van der Waals surface area contributed by atoms with Crippen LogP contribution in [0.2, 0.25) is 0 Å². The average Bonchev–Trinajstić information content (AvgIpc) is 3.01. The summed E-state index contributed by atoms with van der Waals surface area (Å²) < 4.78 is 5.28. The summed E-state index contributed by atoms with van der Waals surface area (Å²) in [6, 6.07) is 7.99. The van der Waals surface area contributed by atoms with Crippen LogP contribution in [0, 0.1) is 0 Å². The zero-order valence-electron chi connectivity index (χ0n) is 11.4. The molecule has 0 saturated carbocycles. The van der Waals surface area contributed by atoms with Gasteiger partial charge in [0.2, 0.25) is 0 Å². The number of ether oxygens (including phenoxy) is 1. The summed E-state index contributed by atoms with van der Waals surface area (Å²) >= 11 is 0. The predicted octanol–water partition coefficient (Wildman–Crippen LogP) is 3.14. The molecular formula is C15H16N4O. The summed E-state index contributed by atoms with van der Waals surface area (Å²) in [6.45, 7) is 2.04. The Morgan fingerprint density at radius 1 is 1.20 bits per heavy atom. The smallest absolute Gasteiger partial charge is 0.134 e. The molecule has 5 nitrogen and oxygen atoms in total. The number of fused-ring (bicyclic) bond motifs is 1. The van der Waals surface area contributed by atoms with E-state index in [-0.39, 0.29) is 6.04 Å². The molecule has 0 amide bonds. The van der Waals surface area contributed by atoms with Gasteiger partial charge in [-0.05, 0) is 30.5 Å². The van der Waals surface area contributed by atoms with Gasteiger partial charge in [0.15, 0.2) is 0 Å². The minimum atomic E-state index is 0.0503. The SMILES string of the molecule is COc1ccc2ccnc(NC(C)c3ncc[nH]3)c2c1. The summed E-state index contributed by atoms with van der Waals surface area (Å²) in [6.07, 6.45) is 5.35. The highest BCUT2D eigenvalue weighted by Gasteiger charge is 2.10. The first kappa shape index (κ1) is 12.5. The molecule has 1 aromatic carbocycles. The molecule has 0 aliphatic heterocycles. The monoisotopic (exact) mass is 268 g/mol. The highest BCUT2D eigenvalue weighted by Crippen LogP contribution is 2.27. The number of nitrogens with zero attached hydrogens (tertiary/aromatic N) is 2. The lowest BCUT2D eigenvalue weighted by molar-refractivity contribution is 0.415. The third-order valence-electron chi connectivity index (χ3n) is 3.26. The van der Waals surface area contributed by atoms with Crippen LogP contribution in [0.25, 0.3) is 10.8 Å². The van der Waals surface area contributed by atoms with Crippen molar-refractivity contribution in [1.82, 2.24) is 15.0 Å². The normalized spacial score (nSPS) is 12.3. The van der Waals surface area contributed by atoms with E-state index in [0.717, 1.165) is 28.2 Å². The van der Waals surface area contributed by atoms with E-state index in [0.29, 0.717) is 0 Å². The van der Waals surface area contributed by atoms with Crippen molar-refractivity contribution in [2.24, 2.45) is 0 Å². The Kier molecular flexibility index (Phi) is 3.25. The lowest BCUT2D eigenvalue weighted by Crippen LogP contribution is -2.09. The molecule has 3 rings (SSSR count). The van der Waals surface area contributed by atoms with Crippen molar-refractivity contribution in [2.45, 2.75) is 13.0 Å². The van der Waals surface area contributed by atoms with Crippen molar-refractivity contribution in [3.05, 3.63) is 48.7 Å². The summed E-state index contributed by atoms with van der Waals surface area (Å²) in [4.78, 5) is 11.8. The maximum Gasteiger partial charge on any atom is 0.134 e. The minimum Gasteiger partial charge on any atom is -0.497 e. The van der Waals surface area contributed by atoms with Crippen molar-refractivity contribution in [1.29, 1.82) is 0 Å². The Hall–Kier alpha value is -2.56. The van der Waals surface area contributed by atoms with Crippen LogP contribution in [-0.4, -0.2) is 22.1 Å². The highest BCUT2D eigenvalue weighted by molar-refractivity contribution is 5.92. The highest BCUT2D eigenvalue weighted by atomic mass is 16.5. The number of aromatic nitrogens is 3. The molecule has 0 aliphatic carbocycles. The number of methoxy groups -OCH3 is 1. The fraction of sp³-hybridized carbons (Fsp3) is 0.200. The molecule has 0 aliphatic rings. The number of pyridine rings is 1. The first-order valence-corrected chi connectivity index (χ1v) is 6.46. The van der Waals surface area contributed by atoms with Gasteiger partial charge in [0.25, 0.3) is 0 Å². The van der Waals surface area contributed by atoms with Crippen LogP contribution in [0.5, 0.6) is 5.75 Å². The second-order valence-corrected chi connectivity index (χ2v) is 4.59. The first-order chi connectivity index (χ1) is 9.78. The van der Waals surface area contributed by atoms with E-state index in [4.69, 9.17) is 4.74 Å². The van der Waals surface area contributed by atoms with Gasteiger partial charge < -0.3 is 15.0 Å². The Labute approximate surface area is 117 Å². The van der Waals surface area contributed by atoms with Crippen LogP contribution >= 0.6 is 0 Å². The average molecular weight is 268 g/mol. The number of benzene rings is 1. The Morgan fingerprint density at radius 3 is 2.85 bits per heavy atom. The molecule has 0 bridgehead atoms. The molecule has 20 heavy (non-hydrogen) atoms. The third kappa shape index (κ3) is 2.30. The van der Waals surface area contributed by atoms with Crippen LogP contribution in [0.1, 0.15) is 18.8 Å². The zero-order valence-corrected chi connectivity index (χ0v) is 11.4. The topological polar surface area (TPSA) is 62.8 Å². The van der Waals surface area contributed by atoms with Crippen molar-refractivity contribution in [2.75, 3.05) is 12.4 Å². The van der Waals surface area contributed by atoms with Gasteiger partial charge in [-0.25, -0.2) is 9.97 Å². The maximum absolute atomic E-state index is 5.28. The van der Waals surface area contributed by atoms with Crippen LogP contribution in [-0.2, 0) is 0 Å². The molecule has 0 fully saturated rings. The summed E-state index contributed by atoms with van der Waals surface area (Å²) in [5.41, 5.74) is 0.